The van der Waals surface area contributed by atoms with E-state index in [0.29, 0.717) is 19.4 Å². The summed E-state index contributed by atoms with van der Waals surface area (Å²) in [6.07, 6.45) is 42.7. The van der Waals surface area contributed by atoms with Gasteiger partial charge in [0, 0.05) is 19.4 Å². The van der Waals surface area contributed by atoms with Gasteiger partial charge in [-0.05, 0) is 57.8 Å². The van der Waals surface area contributed by atoms with E-state index in [1.807, 2.05) is 0 Å². The molecule has 0 saturated carbocycles. The maximum atomic E-state index is 12.4. The average molecular weight is 645 g/mol. The summed E-state index contributed by atoms with van der Waals surface area (Å²) >= 11 is 0. The summed E-state index contributed by atoms with van der Waals surface area (Å²) in [5.74, 6) is -0.433. The number of carbonyl (C=O) groups excluding carboxylic acids is 2. The lowest BCUT2D eigenvalue weighted by molar-refractivity contribution is -0.163. The van der Waals surface area contributed by atoms with Crippen LogP contribution in [0.2, 0.25) is 0 Å². The second-order valence-corrected chi connectivity index (χ2v) is 12.5. The fourth-order valence-electron chi connectivity index (χ4n) is 5.03. The van der Waals surface area contributed by atoms with Gasteiger partial charge in [-0.1, -0.05) is 153 Å². The fraction of sp³-hybridized carbons (Fsp3) is 0.756. The van der Waals surface area contributed by atoms with Crippen molar-refractivity contribution in [3.8, 4) is 0 Å². The van der Waals surface area contributed by atoms with Crippen LogP contribution in [0.3, 0.4) is 0 Å². The van der Waals surface area contributed by atoms with Crippen LogP contribution in [0.15, 0.2) is 48.6 Å². The zero-order valence-corrected chi connectivity index (χ0v) is 30.3. The predicted molar refractivity (Wildman–Crippen MR) is 196 cm³/mol. The van der Waals surface area contributed by atoms with E-state index in [1.165, 1.54) is 57.8 Å². The van der Waals surface area contributed by atoms with Crippen molar-refractivity contribution in [3.05, 3.63) is 48.6 Å². The Kier molecular flexibility index (Phi) is 35.6. The number of hydrogen-bond donors (Lipinski definition) is 0. The smallest absolute Gasteiger partial charge is 0.306 e. The first-order valence-corrected chi connectivity index (χ1v) is 19.2. The van der Waals surface area contributed by atoms with E-state index >= 15 is 0 Å². The van der Waals surface area contributed by atoms with Gasteiger partial charge in [-0.15, -0.1) is 0 Å². The highest BCUT2D eigenvalue weighted by atomic mass is 16.6. The van der Waals surface area contributed by atoms with Crippen LogP contribution >= 0.6 is 0 Å². The van der Waals surface area contributed by atoms with Crippen LogP contribution in [-0.2, 0) is 23.8 Å². The molecule has 1 unspecified atom stereocenters. The van der Waals surface area contributed by atoms with Crippen LogP contribution in [0.25, 0.3) is 0 Å². The summed E-state index contributed by atoms with van der Waals surface area (Å²) in [6.45, 7) is 7.54. The Morgan fingerprint density at radius 2 is 0.978 bits per heavy atom. The summed E-state index contributed by atoms with van der Waals surface area (Å²) in [5, 5.41) is 0. The number of hydrogen-bond acceptors (Lipinski definition) is 5. The summed E-state index contributed by atoms with van der Waals surface area (Å²) in [5.41, 5.74) is 0. The highest BCUT2D eigenvalue weighted by Crippen LogP contribution is 2.12. The lowest BCUT2D eigenvalue weighted by atomic mass is 10.1. The van der Waals surface area contributed by atoms with E-state index in [2.05, 4.69) is 69.4 Å². The van der Waals surface area contributed by atoms with Crippen LogP contribution < -0.4 is 0 Å². The van der Waals surface area contributed by atoms with Crippen LogP contribution in [0.5, 0.6) is 0 Å². The molecule has 1 atom stereocenters. The minimum Gasteiger partial charge on any atom is -0.462 e. The van der Waals surface area contributed by atoms with Gasteiger partial charge >= 0.3 is 11.9 Å². The van der Waals surface area contributed by atoms with Gasteiger partial charge in [-0.25, -0.2) is 0 Å². The lowest BCUT2D eigenvalue weighted by Gasteiger charge is -2.18. The molecular weight excluding hydrogens is 572 g/mol. The molecule has 0 aromatic heterocycles. The molecule has 266 valence electrons. The van der Waals surface area contributed by atoms with Crippen molar-refractivity contribution in [1.82, 2.24) is 0 Å². The molecule has 0 rings (SSSR count). The molecule has 0 bridgehead atoms. The molecule has 0 saturated heterocycles. The van der Waals surface area contributed by atoms with E-state index in [4.69, 9.17) is 14.2 Å². The van der Waals surface area contributed by atoms with Gasteiger partial charge in [-0.3, -0.25) is 9.59 Å². The SMILES string of the molecule is CC/C=C\C/C=C\C/C=C\C/C=C\CCCCCOCC(COC(=O)CCCCCCCCCCC)OC(=O)CCCCCCC. The van der Waals surface area contributed by atoms with Crippen molar-refractivity contribution in [2.75, 3.05) is 19.8 Å². The average Bonchev–Trinajstić information content (AvgIpc) is 3.05. The zero-order valence-electron chi connectivity index (χ0n) is 30.3. The van der Waals surface area contributed by atoms with Gasteiger partial charge in [0.25, 0.3) is 0 Å². The molecule has 46 heavy (non-hydrogen) atoms. The Bertz CT molecular complexity index is 782. The van der Waals surface area contributed by atoms with Crippen molar-refractivity contribution in [3.63, 3.8) is 0 Å². The molecule has 0 aliphatic heterocycles. The standard InChI is InChI=1S/C41H72O5/c1-4-7-10-13-15-17-18-19-20-21-22-23-25-27-30-33-36-44-37-39(46-41(43)35-32-28-12-9-6-3)38-45-40(42)34-31-29-26-24-16-14-11-8-5-2/h7,10,15,17,19-20,22-23,39H,4-6,8-9,11-14,16,18,21,24-38H2,1-3H3/b10-7-,17-15-,20-19-,23-22-. The van der Waals surface area contributed by atoms with Crippen molar-refractivity contribution in [2.45, 2.75) is 181 Å². The number of allylic oxidation sites excluding steroid dienone is 8. The first kappa shape index (κ1) is 43.9. The third-order valence-corrected chi connectivity index (χ3v) is 7.88. The van der Waals surface area contributed by atoms with Crippen LogP contribution in [0.1, 0.15) is 175 Å². The van der Waals surface area contributed by atoms with Gasteiger partial charge in [0.05, 0.1) is 6.61 Å². The predicted octanol–water partition coefficient (Wildman–Crippen LogP) is 12.1. The Balaban J connectivity index is 4.17. The topological polar surface area (TPSA) is 61.8 Å². The molecular formula is C41H72O5. The lowest BCUT2D eigenvalue weighted by Crippen LogP contribution is -2.30. The van der Waals surface area contributed by atoms with Crippen molar-refractivity contribution >= 4 is 11.9 Å². The Hall–Kier alpha value is -2.14. The minimum atomic E-state index is -0.542. The third-order valence-electron chi connectivity index (χ3n) is 7.88. The first-order valence-electron chi connectivity index (χ1n) is 19.2. The largest absolute Gasteiger partial charge is 0.462 e. The minimum absolute atomic E-state index is 0.0731. The van der Waals surface area contributed by atoms with Crippen LogP contribution in [0.4, 0.5) is 0 Å². The van der Waals surface area contributed by atoms with Crippen LogP contribution in [0, 0.1) is 0 Å². The number of ether oxygens (including phenoxy) is 3. The molecule has 0 fully saturated rings. The maximum absolute atomic E-state index is 12.4. The molecule has 0 spiro atoms. The summed E-state index contributed by atoms with van der Waals surface area (Å²) in [6, 6.07) is 0. The number of esters is 2. The Labute approximate surface area is 284 Å². The number of carbonyl (C=O) groups is 2. The van der Waals surface area contributed by atoms with E-state index in [9.17, 15) is 9.59 Å². The Morgan fingerprint density at radius 3 is 1.54 bits per heavy atom. The monoisotopic (exact) mass is 645 g/mol. The van der Waals surface area contributed by atoms with E-state index < -0.39 is 6.10 Å². The van der Waals surface area contributed by atoms with Crippen LogP contribution in [-0.4, -0.2) is 37.9 Å². The fourth-order valence-corrected chi connectivity index (χ4v) is 5.03. The number of unbranched alkanes of at least 4 members (excludes halogenated alkanes) is 15. The molecule has 0 radical (unpaired) electrons. The van der Waals surface area contributed by atoms with E-state index in [0.717, 1.165) is 83.5 Å². The van der Waals surface area contributed by atoms with Crippen molar-refractivity contribution in [2.24, 2.45) is 0 Å². The van der Waals surface area contributed by atoms with Gasteiger partial charge < -0.3 is 14.2 Å². The highest BCUT2D eigenvalue weighted by molar-refractivity contribution is 5.70. The molecule has 0 aliphatic rings. The molecule has 0 aromatic carbocycles. The van der Waals surface area contributed by atoms with Gasteiger partial charge in [0.15, 0.2) is 6.10 Å². The van der Waals surface area contributed by atoms with Crippen molar-refractivity contribution < 1.29 is 23.8 Å². The zero-order chi connectivity index (χ0) is 33.6. The van der Waals surface area contributed by atoms with Gasteiger partial charge in [0.2, 0.25) is 0 Å². The van der Waals surface area contributed by atoms with Gasteiger partial charge in [-0.2, -0.15) is 0 Å². The highest BCUT2D eigenvalue weighted by Gasteiger charge is 2.17. The second kappa shape index (κ2) is 37.3. The third kappa shape index (κ3) is 34.7. The summed E-state index contributed by atoms with van der Waals surface area (Å²) in [4.78, 5) is 24.8. The normalized spacial score (nSPS) is 12.7. The molecule has 0 heterocycles. The summed E-state index contributed by atoms with van der Waals surface area (Å²) < 4.78 is 17.0. The molecule has 5 nitrogen and oxygen atoms in total. The summed E-state index contributed by atoms with van der Waals surface area (Å²) in [7, 11) is 0. The molecule has 0 aromatic rings. The van der Waals surface area contributed by atoms with E-state index in [-0.39, 0.29) is 25.2 Å². The molecule has 0 amide bonds. The second-order valence-electron chi connectivity index (χ2n) is 12.5. The first-order chi connectivity index (χ1) is 22.6. The van der Waals surface area contributed by atoms with Crippen molar-refractivity contribution in [1.29, 1.82) is 0 Å². The molecule has 5 heteroatoms. The number of rotatable bonds is 34. The molecule has 0 N–H and O–H groups in total. The Morgan fingerprint density at radius 1 is 0.500 bits per heavy atom. The quantitative estimate of drug-likeness (QED) is 0.0396. The van der Waals surface area contributed by atoms with E-state index in [1.54, 1.807) is 0 Å². The molecule has 0 aliphatic carbocycles. The van der Waals surface area contributed by atoms with Gasteiger partial charge in [0.1, 0.15) is 6.61 Å². The maximum Gasteiger partial charge on any atom is 0.306 e.